The van der Waals surface area contributed by atoms with Crippen LogP contribution in [0.2, 0.25) is 0 Å². The molecular formula is C25H33F3N2O8. The molecule has 0 bridgehead atoms. The molecule has 1 amide bonds. The highest BCUT2D eigenvalue weighted by Crippen LogP contribution is 2.36. The number of alkyl halides is 3. The number of halogens is 3. The number of nitrogens with one attached hydrogen (secondary N) is 1. The van der Waals surface area contributed by atoms with Crippen molar-refractivity contribution in [2.45, 2.75) is 56.6 Å². The smallest absolute Gasteiger partial charge is 0.416 e. The highest BCUT2D eigenvalue weighted by molar-refractivity contribution is 5.75. The van der Waals surface area contributed by atoms with E-state index in [9.17, 15) is 43.4 Å². The molecule has 1 saturated carbocycles. The van der Waals surface area contributed by atoms with Crippen molar-refractivity contribution in [3.8, 4) is 5.75 Å². The number of allylic oxidation sites excluding steroid dienone is 2. The van der Waals surface area contributed by atoms with Crippen LogP contribution in [0.4, 0.5) is 13.2 Å². The van der Waals surface area contributed by atoms with E-state index in [1.807, 2.05) is 12.2 Å². The number of carbonyl (C=O) groups excluding carboxylic acids is 1. The van der Waals surface area contributed by atoms with Gasteiger partial charge in [0.15, 0.2) is 0 Å². The normalized spacial score (nSPS) is 22.6. The van der Waals surface area contributed by atoms with Gasteiger partial charge < -0.3 is 30.2 Å². The van der Waals surface area contributed by atoms with E-state index in [-0.39, 0.29) is 50.2 Å². The zero-order chi connectivity index (χ0) is 28.1. The van der Waals surface area contributed by atoms with E-state index < -0.39 is 41.1 Å². The van der Waals surface area contributed by atoms with Gasteiger partial charge in [0.2, 0.25) is 5.91 Å². The van der Waals surface area contributed by atoms with Gasteiger partial charge in [0.1, 0.15) is 25.1 Å². The summed E-state index contributed by atoms with van der Waals surface area (Å²) in [4.78, 5) is 25.8. The molecular weight excluding hydrogens is 513 g/mol. The van der Waals surface area contributed by atoms with E-state index >= 15 is 0 Å². The third kappa shape index (κ3) is 11.1. The number of unbranched alkanes of at least 4 members (excludes halogenated alkanes) is 1. The second kappa shape index (κ2) is 15.3. The molecule has 4 N–H and O–H groups in total. The number of amides is 1. The minimum atomic E-state index is -4.51. The lowest BCUT2D eigenvalue weighted by Crippen LogP contribution is -2.27. The first kappa shape index (κ1) is 31.1. The second-order valence-electron chi connectivity index (χ2n) is 8.91. The van der Waals surface area contributed by atoms with E-state index in [0.717, 1.165) is 12.1 Å². The van der Waals surface area contributed by atoms with Gasteiger partial charge in [-0.05, 0) is 43.4 Å². The monoisotopic (exact) mass is 546 g/mol. The molecule has 212 valence electrons. The second-order valence-corrected chi connectivity index (χ2v) is 8.91. The first-order chi connectivity index (χ1) is 18.0. The fraction of sp³-hybridized carbons (Fsp3) is 0.560. The Morgan fingerprint density at radius 3 is 2.74 bits per heavy atom. The lowest BCUT2D eigenvalue weighted by Gasteiger charge is -2.19. The van der Waals surface area contributed by atoms with Crippen molar-refractivity contribution in [3.63, 3.8) is 0 Å². The van der Waals surface area contributed by atoms with Crippen molar-refractivity contribution in [1.82, 2.24) is 5.32 Å². The quantitative estimate of drug-likeness (QED) is 0.113. The molecule has 13 heteroatoms. The Balaban J connectivity index is 1.75. The molecule has 0 heterocycles. The zero-order valence-electron chi connectivity index (χ0n) is 20.6. The Hall–Kier alpha value is -3.16. The van der Waals surface area contributed by atoms with E-state index in [4.69, 9.17) is 4.74 Å². The molecule has 2 rings (SSSR count). The largest absolute Gasteiger partial charge is 0.491 e. The summed E-state index contributed by atoms with van der Waals surface area (Å²) in [5, 5.41) is 42.5. The summed E-state index contributed by atoms with van der Waals surface area (Å²) in [5.74, 6) is -1.03. The average molecular weight is 547 g/mol. The van der Waals surface area contributed by atoms with Crippen LogP contribution in [-0.4, -0.2) is 64.4 Å². The number of hydrogen-bond donors (Lipinski definition) is 4. The third-order valence-corrected chi connectivity index (χ3v) is 6.02. The minimum Gasteiger partial charge on any atom is -0.491 e. The number of hydrogen-bond acceptors (Lipinski definition) is 8. The van der Waals surface area contributed by atoms with Crippen LogP contribution in [0.5, 0.6) is 5.75 Å². The Bertz CT molecular complexity index is 957. The van der Waals surface area contributed by atoms with Crippen LogP contribution in [-0.2, 0) is 15.8 Å². The number of ether oxygens (including phenoxy) is 1. The van der Waals surface area contributed by atoms with Crippen LogP contribution in [0.3, 0.4) is 0 Å². The highest BCUT2D eigenvalue weighted by atomic mass is 19.4. The van der Waals surface area contributed by atoms with Crippen LogP contribution in [0, 0.1) is 22.0 Å². The van der Waals surface area contributed by atoms with Gasteiger partial charge in [-0.2, -0.15) is 13.2 Å². The molecule has 38 heavy (non-hydrogen) atoms. The molecule has 10 nitrogen and oxygen atoms in total. The molecule has 5 atom stereocenters. The molecule has 1 aliphatic carbocycles. The summed E-state index contributed by atoms with van der Waals surface area (Å²) in [6.07, 6.45) is 1.48. The maximum absolute atomic E-state index is 12.8. The predicted molar refractivity (Wildman–Crippen MR) is 129 cm³/mol. The number of nitrogens with zero attached hydrogens (tertiary/aromatic N) is 1. The molecule has 1 aliphatic rings. The summed E-state index contributed by atoms with van der Waals surface area (Å²) < 4.78 is 43.7. The van der Waals surface area contributed by atoms with E-state index in [0.29, 0.717) is 19.3 Å². The van der Waals surface area contributed by atoms with Crippen LogP contribution in [0.1, 0.15) is 37.7 Å². The van der Waals surface area contributed by atoms with Crippen LogP contribution in [0.15, 0.2) is 48.6 Å². The van der Waals surface area contributed by atoms with Crippen LogP contribution < -0.4 is 10.1 Å². The van der Waals surface area contributed by atoms with Crippen molar-refractivity contribution in [2.75, 3.05) is 19.8 Å². The standard InChI is InChI=1S/C25H33F3N2O8/c26-25(27,28)17-6-5-7-19(14-17)37-16-18(31)10-11-21-20(22(32)15-23(21)33)8-3-1-2-4-9-24(34)29-12-13-38-30(35)36/h1,3,5-7,10-11,14,18,20-23,31-33H,2,4,8-9,12-13,15-16H2,(H,29,34)/t18-,20-,21-,22+,23-/m1/s1. The minimum absolute atomic E-state index is 0.0343. The summed E-state index contributed by atoms with van der Waals surface area (Å²) >= 11 is 0. The average Bonchev–Trinajstić information content (AvgIpc) is 3.12. The first-order valence-corrected chi connectivity index (χ1v) is 12.2. The summed E-state index contributed by atoms with van der Waals surface area (Å²) in [6, 6.07) is 4.33. The molecule has 0 saturated heterocycles. The number of benzene rings is 1. The summed E-state index contributed by atoms with van der Waals surface area (Å²) in [5.41, 5.74) is -0.859. The predicted octanol–water partition coefficient (Wildman–Crippen LogP) is 2.80. The molecule has 1 aromatic rings. The van der Waals surface area contributed by atoms with Crippen LogP contribution >= 0.6 is 0 Å². The molecule has 0 aromatic heterocycles. The number of aliphatic hydroxyl groups is 3. The zero-order valence-corrected chi connectivity index (χ0v) is 20.6. The SMILES string of the molecule is O=C(CCCC=CC[C@@H]1[C@@H](C=C[C@@H](O)COc2cccc(C(F)(F)F)c2)[C@H](O)C[C@@H]1O)NCCO[N+](=O)[O-]. The first-order valence-electron chi connectivity index (χ1n) is 12.2. The maximum atomic E-state index is 12.8. The van der Waals surface area contributed by atoms with Crippen molar-refractivity contribution >= 4 is 5.91 Å². The van der Waals surface area contributed by atoms with Gasteiger partial charge >= 0.3 is 6.18 Å². The summed E-state index contributed by atoms with van der Waals surface area (Å²) in [6.45, 7) is -0.466. The van der Waals surface area contributed by atoms with Crippen molar-refractivity contribution < 1.29 is 47.9 Å². The van der Waals surface area contributed by atoms with E-state index in [1.165, 1.54) is 18.2 Å². The van der Waals surface area contributed by atoms with Gasteiger partial charge in [-0.1, -0.05) is 30.4 Å². The van der Waals surface area contributed by atoms with Gasteiger partial charge in [0, 0.05) is 25.3 Å². The maximum Gasteiger partial charge on any atom is 0.416 e. The molecule has 1 fully saturated rings. The number of rotatable bonds is 15. The van der Waals surface area contributed by atoms with Gasteiger partial charge in [0.25, 0.3) is 5.09 Å². The highest BCUT2D eigenvalue weighted by Gasteiger charge is 2.39. The van der Waals surface area contributed by atoms with Gasteiger partial charge in [-0.25, -0.2) is 0 Å². The number of carbonyl (C=O) groups is 1. The van der Waals surface area contributed by atoms with Gasteiger partial charge in [-0.3, -0.25) is 4.79 Å². The molecule has 1 aromatic carbocycles. The lowest BCUT2D eigenvalue weighted by atomic mass is 9.89. The topological polar surface area (TPSA) is 151 Å². The van der Waals surface area contributed by atoms with Crippen molar-refractivity contribution in [3.05, 3.63) is 64.2 Å². The number of aliphatic hydroxyl groups excluding tert-OH is 3. The van der Waals surface area contributed by atoms with Gasteiger partial charge in [0.05, 0.1) is 17.8 Å². The fourth-order valence-corrected chi connectivity index (χ4v) is 4.11. The van der Waals surface area contributed by atoms with Gasteiger partial charge in [-0.15, -0.1) is 10.1 Å². The Labute approximate surface area is 217 Å². The molecule has 0 unspecified atom stereocenters. The lowest BCUT2D eigenvalue weighted by molar-refractivity contribution is -0.757. The third-order valence-electron chi connectivity index (χ3n) is 6.02. The van der Waals surface area contributed by atoms with E-state index in [2.05, 4.69) is 10.2 Å². The fourth-order valence-electron chi connectivity index (χ4n) is 4.11. The summed E-state index contributed by atoms with van der Waals surface area (Å²) in [7, 11) is 0. The van der Waals surface area contributed by atoms with Crippen molar-refractivity contribution in [2.24, 2.45) is 11.8 Å². The Morgan fingerprint density at radius 2 is 2.03 bits per heavy atom. The Morgan fingerprint density at radius 1 is 1.26 bits per heavy atom. The molecule has 0 radical (unpaired) electrons. The Kier molecular flexibility index (Phi) is 12.5. The molecule has 0 spiro atoms. The van der Waals surface area contributed by atoms with Crippen molar-refractivity contribution in [1.29, 1.82) is 0 Å². The van der Waals surface area contributed by atoms with E-state index in [1.54, 1.807) is 6.08 Å². The molecule has 0 aliphatic heterocycles. The van der Waals surface area contributed by atoms with Crippen LogP contribution in [0.25, 0.3) is 0 Å².